The van der Waals surface area contributed by atoms with Crippen LogP contribution in [0.2, 0.25) is 0 Å². The number of phenolic OH excluding ortho intramolecular Hbond substituents is 1. The minimum Gasteiger partial charge on any atom is -0.508 e. The van der Waals surface area contributed by atoms with Gasteiger partial charge in [-0.15, -0.1) is 0 Å². The molecule has 2 heterocycles. The standard InChI is InChI=1S/C34H44N4O6/c1-21-8-7-9-24-12-26(39)13-27(30(21)24)31(40)37-16-28(22(2)38-15-25(32(41)42)14-33(4,43)18-38)29(17-37)35-23(3)44-20-34(10-11-34)19-36(5)6/h7-9,12-13,25,39,43H,3,10-11,14-20H2,1-2,4-6H3,(H,41,42)/b28-22+,35-29-. The molecule has 0 spiro atoms. The van der Waals surface area contributed by atoms with Gasteiger partial charge in [-0.25, -0.2) is 4.99 Å². The summed E-state index contributed by atoms with van der Waals surface area (Å²) in [6, 6.07) is 8.86. The summed E-state index contributed by atoms with van der Waals surface area (Å²) in [6.07, 6.45) is 2.33. The molecule has 3 N–H and O–H groups in total. The maximum atomic E-state index is 14.1. The summed E-state index contributed by atoms with van der Waals surface area (Å²) >= 11 is 0. The predicted molar refractivity (Wildman–Crippen MR) is 170 cm³/mol. The number of carboxylic acids is 1. The smallest absolute Gasteiger partial charge is 0.308 e. The Morgan fingerprint density at radius 2 is 1.91 bits per heavy atom. The topological polar surface area (TPSA) is 126 Å². The van der Waals surface area contributed by atoms with E-state index in [9.17, 15) is 24.9 Å². The van der Waals surface area contributed by atoms with Gasteiger partial charge in [-0.3, -0.25) is 9.59 Å². The van der Waals surface area contributed by atoms with Gasteiger partial charge in [-0.05, 0) is 89.2 Å². The van der Waals surface area contributed by atoms with Crippen LogP contribution in [-0.2, 0) is 9.53 Å². The van der Waals surface area contributed by atoms with E-state index in [-0.39, 0.29) is 55.6 Å². The molecule has 236 valence electrons. The van der Waals surface area contributed by atoms with E-state index in [0.29, 0.717) is 17.9 Å². The maximum absolute atomic E-state index is 14.1. The minimum absolute atomic E-state index is 0.00949. The van der Waals surface area contributed by atoms with Crippen LogP contribution in [0.25, 0.3) is 10.8 Å². The van der Waals surface area contributed by atoms with Gasteiger partial charge in [0, 0.05) is 42.9 Å². The average Bonchev–Trinajstić information content (AvgIpc) is 3.57. The van der Waals surface area contributed by atoms with E-state index in [1.54, 1.807) is 17.9 Å². The van der Waals surface area contributed by atoms with Crippen molar-refractivity contribution in [2.45, 2.75) is 45.6 Å². The van der Waals surface area contributed by atoms with Crippen molar-refractivity contribution in [3.8, 4) is 5.75 Å². The van der Waals surface area contributed by atoms with Gasteiger partial charge in [0.15, 0.2) is 0 Å². The van der Waals surface area contributed by atoms with Crippen LogP contribution in [0.5, 0.6) is 5.75 Å². The third-order valence-corrected chi connectivity index (χ3v) is 9.06. The molecule has 3 aliphatic rings. The van der Waals surface area contributed by atoms with Crippen molar-refractivity contribution >= 4 is 28.4 Å². The zero-order chi connectivity index (χ0) is 32.0. The Morgan fingerprint density at radius 1 is 1.18 bits per heavy atom. The second kappa shape index (κ2) is 11.9. The summed E-state index contributed by atoms with van der Waals surface area (Å²) in [5.74, 6) is -1.67. The van der Waals surface area contributed by atoms with Crippen LogP contribution in [0.15, 0.2) is 59.1 Å². The second-order valence-electron chi connectivity index (χ2n) is 13.5. The highest BCUT2D eigenvalue weighted by Gasteiger charge is 2.44. The number of nitrogens with zero attached hydrogens (tertiary/aromatic N) is 4. The minimum atomic E-state index is -1.19. The number of phenols is 1. The molecule has 10 nitrogen and oxygen atoms in total. The van der Waals surface area contributed by atoms with E-state index in [0.717, 1.165) is 47.0 Å². The number of benzene rings is 2. The number of carbonyl (C=O) groups excluding carboxylic acids is 1. The zero-order valence-corrected chi connectivity index (χ0v) is 26.4. The molecule has 2 saturated heterocycles. The lowest BCUT2D eigenvalue weighted by Crippen LogP contribution is -2.51. The number of hydrogen-bond acceptors (Lipinski definition) is 8. The highest BCUT2D eigenvalue weighted by atomic mass is 16.5. The van der Waals surface area contributed by atoms with Crippen molar-refractivity contribution in [1.29, 1.82) is 0 Å². The van der Waals surface area contributed by atoms with Gasteiger partial charge < -0.3 is 34.8 Å². The third-order valence-electron chi connectivity index (χ3n) is 9.06. The lowest BCUT2D eigenvalue weighted by atomic mass is 9.86. The Kier molecular flexibility index (Phi) is 8.52. The number of aliphatic hydroxyl groups is 1. The largest absolute Gasteiger partial charge is 0.508 e. The van der Waals surface area contributed by atoms with E-state index in [2.05, 4.69) is 11.5 Å². The molecule has 2 aromatic carbocycles. The summed E-state index contributed by atoms with van der Waals surface area (Å²) in [4.78, 5) is 36.5. The number of hydrogen-bond donors (Lipinski definition) is 3. The van der Waals surface area contributed by atoms with E-state index in [4.69, 9.17) is 9.73 Å². The monoisotopic (exact) mass is 604 g/mol. The van der Waals surface area contributed by atoms with Gasteiger partial charge in [-0.2, -0.15) is 0 Å². The number of likely N-dealkylation sites (tertiary alicyclic amines) is 2. The fraction of sp³-hybridized carbons (Fsp3) is 0.500. The summed E-state index contributed by atoms with van der Waals surface area (Å²) < 4.78 is 6.06. The molecule has 0 bridgehead atoms. The number of fused-ring (bicyclic) bond motifs is 1. The highest BCUT2D eigenvalue weighted by molar-refractivity contribution is 6.13. The van der Waals surface area contributed by atoms with Gasteiger partial charge in [0.2, 0.25) is 5.88 Å². The van der Waals surface area contributed by atoms with Crippen molar-refractivity contribution in [3.63, 3.8) is 0 Å². The van der Waals surface area contributed by atoms with Crippen molar-refractivity contribution in [1.82, 2.24) is 14.7 Å². The summed E-state index contributed by atoms with van der Waals surface area (Å²) in [5, 5.41) is 32.7. The zero-order valence-electron chi connectivity index (χ0n) is 26.4. The fourth-order valence-electron chi connectivity index (χ4n) is 6.75. The molecule has 3 fully saturated rings. The van der Waals surface area contributed by atoms with E-state index in [1.165, 1.54) is 6.07 Å². The highest BCUT2D eigenvalue weighted by Crippen LogP contribution is 2.46. The first-order valence-electron chi connectivity index (χ1n) is 15.1. The van der Waals surface area contributed by atoms with Crippen LogP contribution in [0.4, 0.5) is 0 Å². The molecule has 44 heavy (non-hydrogen) atoms. The number of amides is 1. The quantitative estimate of drug-likeness (QED) is 0.367. The maximum Gasteiger partial charge on any atom is 0.308 e. The number of ether oxygens (including phenoxy) is 1. The van der Waals surface area contributed by atoms with Crippen molar-refractivity contribution in [2.75, 3.05) is 53.4 Å². The van der Waals surface area contributed by atoms with E-state index < -0.39 is 17.5 Å². The normalized spacial score (nSPS) is 25.1. The second-order valence-corrected chi connectivity index (χ2v) is 13.5. The predicted octanol–water partition coefficient (Wildman–Crippen LogP) is 4.01. The number of aromatic hydroxyl groups is 1. The Morgan fingerprint density at radius 3 is 2.57 bits per heavy atom. The number of aryl methyl sites for hydroxylation is 1. The Balaban J connectivity index is 1.48. The van der Waals surface area contributed by atoms with Gasteiger partial charge in [0.1, 0.15) is 5.75 Å². The Bertz CT molecular complexity index is 1550. The SMILES string of the molecule is C=C(/N=C1/CN(C(=O)c2cc(O)cc3cccc(C)c23)C/C1=C(/C)N1CC(C(=O)O)CC(C)(O)C1)OCC1(CN(C)C)CC1. The number of aliphatic carboxylic acids is 1. The van der Waals surface area contributed by atoms with Crippen molar-refractivity contribution in [3.05, 3.63) is 65.2 Å². The van der Waals surface area contributed by atoms with Crippen LogP contribution >= 0.6 is 0 Å². The number of β-amino-alcohol motifs (C(OH)–C–C–N with tert-alkyl or cyclic N) is 1. The number of aliphatic imine (C=N–C) groups is 1. The van der Waals surface area contributed by atoms with Crippen LogP contribution in [0.1, 0.15) is 49.0 Å². The molecule has 1 amide bonds. The van der Waals surface area contributed by atoms with Gasteiger partial charge >= 0.3 is 5.97 Å². The van der Waals surface area contributed by atoms with E-state index >= 15 is 0 Å². The first-order valence-corrected chi connectivity index (χ1v) is 15.1. The molecular weight excluding hydrogens is 560 g/mol. The average molecular weight is 605 g/mol. The van der Waals surface area contributed by atoms with Crippen LogP contribution in [0.3, 0.4) is 0 Å². The molecule has 1 aliphatic carbocycles. The van der Waals surface area contributed by atoms with Crippen LogP contribution in [-0.4, -0.2) is 107 Å². The molecule has 0 aromatic heterocycles. The first-order chi connectivity index (χ1) is 20.7. The van der Waals surface area contributed by atoms with Gasteiger partial charge in [0.25, 0.3) is 5.91 Å². The molecular formula is C34H44N4O6. The molecule has 1 saturated carbocycles. The number of carboxylic acid groups (broad SMARTS) is 1. The van der Waals surface area contributed by atoms with Crippen molar-refractivity contribution < 1.29 is 29.6 Å². The Hall–Kier alpha value is -3.89. The molecule has 2 aliphatic heterocycles. The third kappa shape index (κ3) is 6.76. The lowest BCUT2D eigenvalue weighted by Gasteiger charge is -2.42. The fourth-order valence-corrected chi connectivity index (χ4v) is 6.75. The lowest BCUT2D eigenvalue weighted by molar-refractivity contribution is -0.148. The summed E-state index contributed by atoms with van der Waals surface area (Å²) in [5.41, 5.74) is 2.36. The molecule has 2 aromatic rings. The molecule has 2 atom stereocenters. The first kappa shape index (κ1) is 31.5. The van der Waals surface area contributed by atoms with Crippen LogP contribution in [0, 0.1) is 18.3 Å². The summed E-state index contributed by atoms with van der Waals surface area (Å²) in [6.45, 7) is 11.9. The molecule has 5 rings (SSSR count). The number of piperidine rings is 1. The van der Waals surface area contributed by atoms with Crippen LogP contribution < -0.4 is 0 Å². The summed E-state index contributed by atoms with van der Waals surface area (Å²) in [7, 11) is 4.09. The van der Waals surface area contributed by atoms with Gasteiger partial charge in [-0.1, -0.05) is 18.2 Å². The molecule has 0 radical (unpaired) electrons. The van der Waals surface area contributed by atoms with Gasteiger partial charge in [0.05, 0.1) is 35.9 Å². The van der Waals surface area contributed by atoms with E-state index in [1.807, 2.05) is 51.0 Å². The number of carbonyl (C=O) groups is 2. The molecule has 10 heteroatoms. The number of rotatable bonds is 9. The van der Waals surface area contributed by atoms with Crippen molar-refractivity contribution in [2.24, 2.45) is 16.3 Å². The number of allylic oxidation sites excluding steroid dienone is 1. The molecule has 2 unspecified atom stereocenters. The Labute approximate surface area is 258 Å².